The van der Waals surface area contributed by atoms with E-state index in [1.54, 1.807) is 11.8 Å². The maximum Gasteiger partial charge on any atom is 0.243 e. The smallest absolute Gasteiger partial charge is 0.243 e. The summed E-state index contributed by atoms with van der Waals surface area (Å²) in [6.07, 6.45) is 0.957. The average Bonchev–Trinajstić information content (AvgIpc) is 2.62. The highest BCUT2D eigenvalue weighted by Gasteiger charge is 2.30. The number of carbonyl (C=O) groups excluding carboxylic acids is 1. The Kier molecular flexibility index (Phi) is 7.67. The zero-order valence-corrected chi connectivity index (χ0v) is 16.9. The van der Waals surface area contributed by atoms with Crippen LogP contribution in [0.4, 0.5) is 10.1 Å². The number of hydrogen-bond acceptors (Lipinski definition) is 4. The Bertz CT molecular complexity index is 860. The lowest BCUT2D eigenvalue weighted by Crippen LogP contribution is -2.48. The summed E-state index contributed by atoms with van der Waals surface area (Å²) >= 11 is 1.67. The molecule has 27 heavy (non-hydrogen) atoms. The van der Waals surface area contributed by atoms with E-state index in [9.17, 15) is 17.6 Å². The molecule has 5 nitrogen and oxygen atoms in total. The topological polar surface area (TPSA) is 66.5 Å². The second-order valence-corrected chi connectivity index (χ2v) is 8.98. The molecule has 0 fully saturated rings. The summed E-state index contributed by atoms with van der Waals surface area (Å²) in [5.74, 6) is 0.355. The van der Waals surface area contributed by atoms with Gasteiger partial charge in [0.05, 0.1) is 11.9 Å². The number of rotatable bonds is 9. The van der Waals surface area contributed by atoms with Gasteiger partial charge >= 0.3 is 0 Å². The molecule has 2 aromatic carbocycles. The average molecular weight is 411 g/mol. The van der Waals surface area contributed by atoms with Gasteiger partial charge in [0.2, 0.25) is 15.9 Å². The number of amides is 1. The Morgan fingerprint density at radius 2 is 1.78 bits per heavy atom. The summed E-state index contributed by atoms with van der Waals surface area (Å²) in [6.45, 7) is 1.84. The van der Waals surface area contributed by atoms with Crippen LogP contribution in [0.15, 0.2) is 54.6 Å². The SMILES string of the molecule is C[C@H](C(=O)NCCSCc1ccccc1)N(c1ccccc1F)S(C)(=O)=O. The van der Waals surface area contributed by atoms with Gasteiger partial charge in [0.25, 0.3) is 0 Å². The van der Waals surface area contributed by atoms with Gasteiger partial charge in [-0.15, -0.1) is 0 Å². The van der Waals surface area contributed by atoms with Crippen molar-refractivity contribution in [3.63, 3.8) is 0 Å². The highest BCUT2D eigenvalue weighted by Crippen LogP contribution is 2.24. The molecule has 2 aromatic rings. The Morgan fingerprint density at radius 1 is 1.15 bits per heavy atom. The van der Waals surface area contributed by atoms with Gasteiger partial charge in [0.15, 0.2) is 0 Å². The van der Waals surface area contributed by atoms with E-state index in [0.717, 1.165) is 16.3 Å². The first kappa shape index (κ1) is 21.2. The summed E-state index contributed by atoms with van der Waals surface area (Å²) in [5, 5.41) is 2.72. The molecule has 0 spiro atoms. The second-order valence-electron chi connectivity index (χ2n) is 6.02. The van der Waals surface area contributed by atoms with Crippen LogP contribution in [0.3, 0.4) is 0 Å². The summed E-state index contributed by atoms with van der Waals surface area (Å²) in [5.41, 5.74) is 1.06. The fraction of sp³-hybridized carbons (Fsp3) is 0.316. The molecule has 0 unspecified atom stereocenters. The highest BCUT2D eigenvalue weighted by atomic mass is 32.2. The number of thioether (sulfide) groups is 1. The number of halogens is 1. The van der Waals surface area contributed by atoms with Crippen molar-refractivity contribution < 1.29 is 17.6 Å². The van der Waals surface area contributed by atoms with Crippen LogP contribution in [0, 0.1) is 5.82 Å². The Balaban J connectivity index is 1.92. The first-order valence-electron chi connectivity index (χ1n) is 8.44. The molecule has 0 aromatic heterocycles. The Labute approximate surface area is 164 Å². The first-order valence-corrected chi connectivity index (χ1v) is 11.4. The molecule has 8 heteroatoms. The standard InChI is InChI=1S/C19H23FN2O3S2/c1-15(22(27(2,24)25)18-11-7-6-10-17(18)20)19(23)21-12-13-26-14-16-8-4-3-5-9-16/h3-11,15H,12-14H2,1-2H3,(H,21,23)/t15-/m1/s1. The zero-order chi connectivity index (χ0) is 19.9. The molecule has 2 rings (SSSR count). The van der Waals surface area contributed by atoms with Crippen molar-refractivity contribution in [1.29, 1.82) is 0 Å². The molecule has 146 valence electrons. The molecule has 0 saturated heterocycles. The Morgan fingerprint density at radius 3 is 2.41 bits per heavy atom. The van der Waals surface area contributed by atoms with Crippen molar-refractivity contribution in [2.24, 2.45) is 0 Å². The van der Waals surface area contributed by atoms with Crippen LogP contribution in [-0.2, 0) is 20.6 Å². The van der Waals surface area contributed by atoms with Crippen LogP contribution in [0.1, 0.15) is 12.5 Å². The van der Waals surface area contributed by atoms with E-state index < -0.39 is 27.8 Å². The van der Waals surface area contributed by atoms with Gasteiger partial charge in [-0.3, -0.25) is 9.10 Å². The first-order chi connectivity index (χ1) is 12.8. The van der Waals surface area contributed by atoms with Crippen LogP contribution in [-0.4, -0.2) is 38.9 Å². The zero-order valence-electron chi connectivity index (χ0n) is 15.3. The molecule has 1 N–H and O–H groups in total. The normalized spacial score (nSPS) is 12.4. The molecule has 0 heterocycles. The molecular formula is C19H23FN2O3S2. The van der Waals surface area contributed by atoms with Gasteiger partial charge in [-0.2, -0.15) is 11.8 Å². The molecule has 0 aliphatic carbocycles. The number of anilines is 1. The van der Waals surface area contributed by atoms with Gasteiger partial charge in [-0.25, -0.2) is 12.8 Å². The molecule has 0 aliphatic rings. The van der Waals surface area contributed by atoms with E-state index in [1.807, 2.05) is 30.3 Å². The van der Waals surface area contributed by atoms with Gasteiger partial charge < -0.3 is 5.32 Å². The predicted octanol–water partition coefficient (Wildman–Crippen LogP) is 3.03. The minimum absolute atomic E-state index is 0.138. The number of hydrogen-bond donors (Lipinski definition) is 1. The number of nitrogens with zero attached hydrogens (tertiary/aromatic N) is 1. The molecule has 0 aliphatic heterocycles. The van der Waals surface area contributed by atoms with Gasteiger partial charge in [-0.05, 0) is 24.6 Å². The predicted molar refractivity (Wildman–Crippen MR) is 109 cm³/mol. The molecule has 0 saturated carbocycles. The van der Waals surface area contributed by atoms with E-state index in [1.165, 1.54) is 36.8 Å². The van der Waals surface area contributed by atoms with E-state index in [4.69, 9.17) is 0 Å². The number of sulfonamides is 1. The monoisotopic (exact) mass is 410 g/mol. The third kappa shape index (κ3) is 6.25. The number of nitrogens with one attached hydrogen (secondary N) is 1. The van der Waals surface area contributed by atoms with Crippen molar-refractivity contribution in [3.8, 4) is 0 Å². The van der Waals surface area contributed by atoms with Crippen LogP contribution in [0.5, 0.6) is 0 Å². The number of benzene rings is 2. The van der Waals surface area contributed by atoms with Crippen molar-refractivity contribution in [1.82, 2.24) is 5.32 Å². The summed E-state index contributed by atoms with van der Waals surface area (Å²) < 4.78 is 39.2. The summed E-state index contributed by atoms with van der Waals surface area (Å²) in [4.78, 5) is 12.4. The van der Waals surface area contributed by atoms with Gasteiger partial charge in [-0.1, -0.05) is 42.5 Å². The molecule has 0 radical (unpaired) electrons. The van der Waals surface area contributed by atoms with Gasteiger partial charge in [0, 0.05) is 18.1 Å². The van der Waals surface area contributed by atoms with Crippen molar-refractivity contribution in [3.05, 3.63) is 66.0 Å². The lowest BCUT2D eigenvalue weighted by molar-refractivity contribution is -0.121. The molecular weight excluding hydrogens is 387 g/mol. The van der Waals surface area contributed by atoms with E-state index >= 15 is 0 Å². The van der Waals surface area contributed by atoms with Crippen molar-refractivity contribution in [2.45, 2.75) is 18.7 Å². The van der Waals surface area contributed by atoms with Crippen LogP contribution >= 0.6 is 11.8 Å². The van der Waals surface area contributed by atoms with Crippen LogP contribution in [0.2, 0.25) is 0 Å². The largest absolute Gasteiger partial charge is 0.353 e. The maximum absolute atomic E-state index is 14.1. The third-order valence-electron chi connectivity index (χ3n) is 3.84. The second kappa shape index (κ2) is 9.75. The quantitative estimate of drug-likeness (QED) is 0.646. The molecule has 0 bridgehead atoms. The van der Waals surface area contributed by atoms with E-state index in [2.05, 4.69) is 5.32 Å². The van der Waals surface area contributed by atoms with Crippen molar-refractivity contribution >= 4 is 33.4 Å². The van der Waals surface area contributed by atoms with E-state index in [-0.39, 0.29) is 5.69 Å². The van der Waals surface area contributed by atoms with Crippen LogP contribution < -0.4 is 9.62 Å². The molecule has 1 atom stereocenters. The van der Waals surface area contributed by atoms with Gasteiger partial charge in [0.1, 0.15) is 11.9 Å². The lowest BCUT2D eigenvalue weighted by atomic mass is 10.2. The Hall–Kier alpha value is -2.06. The minimum atomic E-state index is -3.83. The maximum atomic E-state index is 14.1. The summed E-state index contributed by atoms with van der Waals surface area (Å²) in [6, 6.07) is 14.4. The third-order valence-corrected chi connectivity index (χ3v) is 6.09. The minimum Gasteiger partial charge on any atom is -0.353 e. The number of para-hydroxylation sites is 1. The lowest BCUT2D eigenvalue weighted by Gasteiger charge is -2.28. The molecule has 1 amide bonds. The highest BCUT2D eigenvalue weighted by molar-refractivity contribution is 7.98. The fourth-order valence-corrected chi connectivity index (χ4v) is 4.56. The fourth-order valence-electron chi connectivity index (χ4n) is 2.57. The van der Waals surface area contributed by atoms with E-state index in [0.29, 0.717) is 12.3 Å². The summed E-state index contributed by atoms with van der Waals surface area (Å²) in [7, 11) is -3.83. The van der Waals surface area contributed by atoms with Crippen LogP contribution in [0.25, 0.3) is 0 Å². The number of carbonyl (C=O) groups is 1. The van der Waals surface area contributed by atoms with Crippen molar-refractivity contribution in [2.75, 3.05) is 22.9 Å².